The summed E-state index contributed by atoms with van der Waals surface area (Å²) in [5.41, 5.74) is -0.131. The second kappa shape index (κ2) is 3.23. The molecule has 2 nitrogen and oxygen atoms in total. The summed E-state index contributed by atoms with van der Waals surface area (Å²) in [5, 5.41) is 0. The molecular weight excluding hydrogens is 188 g/mol. The molecule has 0 aliphatic heterocycles. The third kappa shape index (κ3) is 1.20. The molecule has 0 radical (unpaired) electrons. The van der Waals surface area contributed by atoms with Crippen LogP contribution in [0.15, 0.2) is 0 Å². The van der Waals surface area contributed by atoms with Gasteiger partial charge in [-0.2, -0.15) is 0 Å². The number of ether oxygens (including phenoxy) is 1. The van der Waals surface area contributed by atoms with Gasteiger partial charge in [0.2, 0.25) is 0 Å². The van der Waals surface area contributed by atoms with E-state index in [9.17, 15) is 4.79 Å². The van der Waals surface area contributed by atoms with Gasteiger partial charge in [0.05, 0.1) is 12.0 Å². The van der Waals surface area contributed by atoms with Crippen LogP contribution in [0.2, 0.25) is 0 Å². The van der Waals surface area contributed by atoms with Gasteiger partial charge in [-0.3, -0.25) is 4.79 Å². The van der Waals surface area contributed by atoms with Crippen LogP contribution in [0.1, 0.15) is 47.0 Å². The summed E-state index contributed by atoms with van der Waals surface area (Å²) in [5.74, 6) is 1.30. The Hall–Kier alpha value is -0.530. The Balaban J connectivity index is 2.30. The Morgan fingerprint density at radius 3 is 2.33 bits per heavy atom. The van der Waals surface area contributed by atoms with Gasteiger partial charge in [-0.25, -0.2) is 0 Å². The van der Waals surface area contributed by atoms with E-state index in [1.54, 1.807) is 0 Å². The van der Waals surface area contributed by atoms with Crippen molar-refractivity contribution in [3.63, 3.8) is 0 Å². The standard InChI is InChI=1S/C13H22O2/c1-5-15-11(14)13(4)10-7-6-9(8-10)12(13,2)3/h9-10H,5-8H2,1-4H3. The minimum atomic E-state index is -0.244. The first-order chi connectivity index (χ1) is 6.94. The molecule has 2 fully saturated rings. The third-order valence-electron chi connectivity index (χ3n) is 5.31. The minimum absolute atomic E-state index is 0.0298. The molecule has 3 unspecified atom stereocenters. The molecule has 86 valence electrons. The van der Waals surface area contributed by atoms with Crippen LogP contribution in [0.25, 0.3) is 0 Å². The fourth-order valence-corrected chi connectivity index (χ4v) is 3.82. The molecular formula is C13H22O2. The molecule has 2 rings (SSSR count). The molecule has 0 amide bonds. The molecule has 0 aromatic rings. The minimum Gasteiger partial charge on any atom is -0.466 e. The molecule has 0 heterocycles. The van der Waals surface area contributed by atoms with Gasteiger partial charge in [-0.15, -0.1) is 0 Å². The number of carbonyl (C=O) groups excluding carboxylic acids is 1. The van der Waals surface area contributed by atoms with Gasteiger partial charge < -0.3 is 4.74 Å². The van der Waals surface area contributed by atoms with Crippen molar-refractivity contribution in [2.75, 3.05) is 6.61 Å². The zero-order valence-corrected chi connectivity index (χ0v) is 10.3. The van der Waals surface area contributed by atoms with Crippen LogP contribution in [-0.4, -0.2) is 12.6 Å². The Bertz CT molecular complexity index is 282. The first-order valence-corrected chi connectivity index (χ1v) is 6.11. The van der Waals surface area contributed by atoms with Crippen molar-refractivity contribution < 1.29 is 9.53 Å². The van der Waals surface area contributed by atoms with Crippen molar-refractivity contribution >= 4 is 5.97 Å². The first-order valence-electron chi connectivity index (χ1n) is 6.11. The molecule has 0 saturated heterocycles. The van der Waals surface area contributed by atoms with Gasteiger partial charge in [0, 0.05) is 0 Å². The fourth-order valence-electron chi connectivity index (χ4n) is 3.82. The predicted molar refractivity (Wildman–Crippen MR) is 59.4 cm³/mol. The topological polar surface area (TPSA) is 26.3 Å². The van der Waals surface area contributed by atoms with Gasteiger partial charge in [-0.1, -0.05) is 13.8 Å². The number of fused-ring (bicyclic) bond motifs is 2. The molecule has 0 spiro atoms. The molecule has 2 aliphatic carbocycles. The fraction of sp³-hybridized carbons (Fsp3) is 0.923. The highest BCUT2D eigenvalue weighted by molar-refractivity contribution is 5.78. The maximum Gasteiger partial charge on any atom is 0.312 e. The van der Waals surface area contributed by atoms with E-state index in [2.05, 4.69) is 20.8 Å². The maximum absolute atomic E-state index is 12.2. The summed E-state index contributed by atoms with van der Waals surface area (Å²) in [4.78, 5) is 12.2. The summed E-state index contributed by atoms with van der Waals surface area (Å²) in [6.45, 7) is 9.00. The number of hydrogen-bond donors (Lipinski definition) is 0. The quantitative estimate of drug-likeness (QED) is 0.655. The third-order valence-corrected chi connectivity index (χ3v) is 5.31. The summed E-state index contributed by atoms with van der Waals surface area (Å²) in [6, 6.07) is 0. The Morgan fingerprint density at radius 2 is 1.87 bits per heavy atom. The van der Waals surface area contributed by atoms with Crippen LogP contribution in [0.4, 0.5) is 0 Å². The SMILES string of the molecule is CCOC(=O)C1(C)C2CCC(C2)C1(C)C. The lowest BCUT2D eigenvalue weighted by atomic mass is 9.59. The van der Waals surface area contributed by atoms with Crippen molar-refractivity contribution in [2.24, 2.45) is 22.7 Å². The highest BCUT2D eigenvalue weighted by atomic mass is 16.5. The zero-order chi connectivity index (χ0) is 11.3. The van der Waals surface area contributed by atoms with E-state index in [0.29, 0.717) is 12.5 Å². The predicted octanol–water partition coefficient (Wildman–Crippen LogP) is 3.01. The molecule has 15 heavy (non-hydrogen) atoms. The lowest BCUT2D eigenvalue weighted by molar-refractivity contribution is -0.166. The summed E-state index contributed by atoms with van der Waals surface area (Å²) in [7, 11) is 0. The highest BCUT2D eigenvalue weighted by Crippen LogP contribution is 2.66. The van der Waals surface area contributed by atoms with Crippen LogP contribution >= 0.6 is 0 Å². The number of hydrogen-bond acceptors (Lipinski definition) is 2. The summed E-state index contributed by atoms with van der Waals surface area (Å²) >= 11 is 0. The molecule has 2 saturated carbocycles. The van der Waals surface area contributed by atoms with Gasteiger partial charge in [0.15, 0.2) is 0 Å². The van der Waals surface area contributed by atoms with Crippen molar-refractivity contribution in [2.45, 2.75) is 47.0 Å². The lowest BCUT2D eigenvalue weighted by Crippen LogP contribution is -2.47. The van der Waals surface area contributed by atoms with Crippen LogP contribution < -0.4 is 0 Å². The van der Waals surface area contributed by atoms with E-state index in [4.69, 9.17) is 4.74 Å². The maximum atomic E-state index is 12.2. The molecule has 2 heteroatoms. The Morgan fingerprint density at radius 1 is 1.27 bits per heavy atom. The van der Waals surface area contributed by atoms with E-state index in [0.717, 1.165) is 5.92 Å². The number of rotatable bonds is 2. The van der Waals surface area contributed by atoms with Gasteiger partial charge in [0.25, 0.3) is 0 Å². The summed E-state index contributed by atoms with van der Waals surface area (Å²) < 4.78 is 5.28. The van der Waals surface area contributed by atoms with Crippen molar-refractivity contribution in [1.29, 1.82) is 0 Å². The largest absolute Gasteiger partial charge is 0.466 e. The first kappa shape index (κ1) is 11.0. The van der Waals surface area contributed by atoms with Crippen molar-refractivity contribution in [3.8, 4) is 0 Å². The van der Waals surface area contributed by atoms with E-state index >= 15 is 0 Å². The van der Waals surface area contributed by atoms with Crippen LogP contribution in [0.3, 0.4) is 0 Å². The Kier molecular flexibility index (Phi) is 2.36. The molecule has 2 bridgehead atoms. The summed E-state index contributed by atoms with van der Waals surface area (Å²) in [6.07, 6.45) is 3.73. The van der Waals surface area contributed by atoms with Crippen LogP contribution in [-0.2, 0) is 9.53 Å². The van der Waals surface area contributed by atoms with E-state index in [1.165, 1.54) is 19.3 Å². The van der Waals surface area contributed by atoms with E-state index < -0.39 is 0 Å². The molecule has 0 aromatic carbocycles. The van der Waals surface area contributed by atoms with Crippen molar-refractivity contribution in [1.82, 2.24) is 0 Å². The normalized spacial score (nSPS) is 41.9. The second-order valence-corrected chi connectivity index (χ2v) is 5.85. The van der Waals surface area contributed by atoms with E-state index in [1.807, 2.05) is 6.92 Å². The number of carbonyl (C=O) groups is 1. The highest BCUT2D eigenvalue weighted by Gasteiger charge is 2.64. The zero-order valence-electron chi connectivity index (χ0n) is 10.3. The van der Waals surface area contributed by atoms with Gasteiger partial charge in [-0.05, 0) is 50.4 Å². The van der Waals surface area contributed by atoms with Crippen molar-refractivity contribution in [3.05, 3.63) is 0 Å². The van der Waals surface area contributed by atoms with Gasteiger partial charge in [0.1, 0.15) is 0 Å². The van der Waals surface area contributed by atoms with Gasteiger partial charge >= 0.3 is 5.97 Å². The van der Waals surface area contributed by atoms with Crippen LogP contribution in [0, 0.1) is 22.7 Å². The van der Waals surface area contributed by atoms with E-state index in [-0.39, 0.29) is 16.8 Å². The second-order valence-electron chi connectivity index (χ2n) is 5.85. The Labute approximate surface area is 92.4 Å². The molecule has 2 aliphatic rings. The molecule has 0 aromatic heterocycles. The average Bonchev–Trinajstić information content (AvgIpc) is 2.70. The smallest absolute Gasteiger partial charge is 0.312 e. The number of esters is 1. The average molecular weight is 210 g/mol. The lowest BCUT2D eigenvalue weighted by Gasteiger charge is -2.45. The van der Waals surface area contributed by atoms with Crippen LogP contribution in [0.5, 0.6) is 0 Å². The molecule has 3 atom stereocenters. The monoisotopic (exact) mass is 210 g/mol. The molecule has 0 N–H and O–H groups in total.